The van der Waals surface area contributed by atoms with E-state index in [0.29, 0.717) is 10.0 Å². The van der Waals surface area contributed by atoms with Gasteiger partial charge in [0.2, 0.25) is 0 Å². The molecule has 0 radical (unpaired) electrons. The smallest absolute Gasteiger partial charge is 0.0972 e. The molecule has 0 N–H and O–H groups in total. The third-order valence-electron chi connectivity index (χ3n) is 4.91. The van der Waals surface area contributed by atoms with Crippen LogP contribution in [0, 0.1) is 0 Å². The van der Waals surface area contributed by atoms with Crippen molar-refractivity contribution in [3.8, 4) is 22.3 Å². The zero-order chi connectivity index (χ0) is 19.1. The van der Waals surface area contributed by atoms with Crippen molar-refractivity contribution in [1.82, 2.24) is 9.97 Å². The van der Waals surface area contributed by atoms with E-state index in [0.717, 1.165) is 44.1 Å². The summed E-state index contributed by atoms with van der Waals surface area (Å²) in [7, 11) is 0. The van der Waals surface area contributed by atoms with E-state index in [1.165, 1.54) is 0 Å². The summed E-state index contributed by atoms with van der Waals surface area (Å²) in [6, 6.07) is 24.3. The third-order valence-corrected chi connectivity index (χ3v) is 5.48. The highest BCUT2D eigenvalue weighted by atomic mass is 35.5. The number of halogens is 2. The summed E-state index contributed by atoms with van der Waals surface area (Å²) in [5, 5.41) is 3.19. The molecule has 5 aromatic rings. The number of hydrogen-bond acceptors (Lipinski definition) is 2. The molecule has 0 unspecified atom stereocenters. The van der Waals surface area contributed by atoms with E-state index in [1.807, 2.05) is 36.4 Å². The Morgan fingerprint density at radius 1 is 0.500 bits per heavy atom. The SMILES string of the molecule is Clc1cnc2c(ccc3c(-c4ccccc4)c(Cl)cnc32)c1-c1ccccc1. The van der Waals surface area contributed by atoms with E-state index in [4.69, 9.17) is 23.2 Å². The summed E-state index contributed by atoms with van der Waals surface area (Å²) in [5.41, 5.74) is 5.66. The minimum atomic E-state index is 0.621. The van der Waals surface area contributed by atoms with E-state index < -0.39 is 0 Å². The first-order valence-electron chi connectivity index (χ1n) is 8.90. The van der Waals surface area contributed by atoms with Crippen LogP contribution in [0.5, 0.6) is 0 Å². The van der Waals surface area contributed by atoms with Crippen molar-refractivity contribution in [3.63, 3.8) is 0 Å². The Morgan fingerprint density at radius 2 is 0.893 bits per heavy atom. The zero-order valence-corrected chi connectivity index (χ0v) is 16.2. The van der Waals surface area contributed by atoms with Crippen LogP contribution in [0.2, 0.25) is 10.0 Å². The Bertz CT molecular complexity index is 1210. The van der Waals surface area contributed by atoms with Gasteiger partial charge in [-0.2, -0.15) is 0 Å². The van der Waals surface area contributed by atoms with Crippen LogP contribution in [0.25, 0.3) is 44.1 Å². The first-order chi connectivity index (χ1) is 13.7. The number of pyridine rings is 2. The predicted octanol–water partition coefficient (Wildman–Crippen LogP) is 7.42. The van der Waals surface area contributed by atoms with Crippen molar-refractivity contribution in [1.29, 1.82) is 0 Å². The molecule has 0 aliphatic carbocycles. The number of fused-ring (bicyclic) bond motifs is 3. The summed E-state index contributed by atoms with van der Waals surface area (Å²) in [6.07, 6.45) is 3.40. The lowest BCUT2D eigenvalue weighted by Gasteiger charge is -2.13. The second-order valence-electron chi connectivity index (χ2n) is 6.55. The monoisotopic (exact) mass is 400 g/mol. The normalized spacial score (nSPS) is 11.2. The quantitative estimate of drug-likeness (QED) is 0.288. The van der Waals surface area contributed by atoms with Crippen LogP contribution in [-0.4, -0.2) is 9.97 Å². The number of hydrogen-bond donors (Lipinski definition) is 0. The molecule has 0 saturated carbocycles. The molecule has 0 aliphatic heterocycles. The molecule has 5 rings (SSSR count). The Morgan fingerprint density at radius 3 is 1.29 bits per heavy atom. The molecule has 0 atom stereocenters. The van der Waals surface area contributed by atoms with Gasteiger partial charge in [-0.3, -0.25) is 9.97 Å². The average molecular weight is 401 g/mol. The van der Waals surface area contributed by atoms with E-state index >= 15 is 0 Å². The third kappa shape index (κ3) is 2.73. The van der Waals surface area contributed by atoms with Crippen LogP contribution in [0.3, 0.4) is 0 Å². The molecule has 0 amide bonds. The molecule has 0 bridgehead atoms. The van der Waals surface area contributed by atoms with E-state index in [9.17, 15) is 0 Å². The van der Waals surface area contributed by atoms with Gasteiger partial charge in [0.15, 0.2) is 0 Å². The molecular formula is C24H14Cl2N2. The van der Waals surface area contributed by atoms with Crippen molar-refractivity contribution in [3.05, 3.63) is 95.2 Å². The Kier molecular flexibility index (Phi) is 4.23. The molecule has 3 aromatic carbocycles. The molecule has 2 aromatic heterocycles. The number of benzene rings is 3. The van der Waals surface area contributed by atoms with Crippen molar-refractivity contribution in [2.45, 2.75) is 0 Å². The standard InChI is InChI=1S/C24H14Cl2N2/c25-19-13-27-23-17(21(19)15-7-3-1-4-8-15)11-12-18-22(16-9-5-2-6-10-16)20(26)14-28-24(18)23/h1-14H. The summed E-state index contributed by atoms with van der Waals surface area (Å²) in [4.78, 5) is 9.24. The first-order valence-corrected chi connectivity index (χ1v) is 9.66. The molecule has 0 spiro atoms. The fourth-order valence-corrected chi connectivity index (χ4v) is 4.19. The van der Waals surface area contributed by atoms with Gasteiger partial charge in [-0.05, 0) is 11.1 Å². The Balaban J connectivity index is 1.88. The van der Waals surface area contributed by atoms with Gasteiger partial charge < -0.3 is 0 Å². The summed E-state index contributed by atoms with van der Waals surface area (Å²) >= 11 is 13.1. The van der Waals surface area contributed by atoms with E-state index in [2.05, 4.69) is 46.4 Å². The highest BCUT2D eigenvalue weighted by molar-refractivity contribution is 6.36. The maximum atomic E-state index is 6.54. The lowest BCUT2D eigenvalue weighted by atomic mass is 9.96. The number of nitrogens with zero attached hydrogens (tertiary/aromatic N) is 2. The van der Waals surface area contributed by atoms with Gasteiger partial charge in [0.05, 0.1) is 21.1 Å². The van der Waals surface area contributed by atoms with Crippen LogP contribution in [0.4, 0.5) is 0 Å². The van der Waals surface area contributed by atoms with Crippen LogP contribution in [0.1, 0.15) is 0 Å². The van der Waals surface area contributed by atoms with Crippen LogP contribution >= 0.6 is 23.2 Å². The van der Waals surface area contributed by atoms with Crippen LogP contribution in [0.15, 0.2) is 85.2 Å². The number of rotatable bonds is 2. The summed E-state index contributed by atoms with van der Waals surface area (Å²) < 4.78 is 0. The van der Waals surface area contributed by atoms with Gasteiger partial charge in [0, 0.05) is 34.3 Å². The molecule has 2 heterocycles. The van der Waals surface area contributed by atoms with Gasteiger partial charge in [-0.25, -0.2) is 0 Å². The minimum absolute atomic E-state index is 0.621. The van der Waals surface area contributed by atoms with Gasteiger partial charge in [0.25, 0.3) is 0 Å². The molecule has 28 heavy (non-hydrogen) atoms. The fourth-order valence-electron chi connectivity index (χ4n) is 3.67. The molecule has 0 saturated heterocycles. The van der Waals surface area contributed by atoms with Crippen LogP contribution in [-0.2, 0) is 0 Å². The van der Waals surface area contributed by atoms with Gasteiger partial charge in [0.1, 0.15) is 0 Å². The Hall–Kier alpha value is -2.94. The zero-order valence-electron chi connectivity index (χ0n) is 14.7. The molecule has 0 fully saturated rings. The van der Waals surface area contributed by atoms with Crippen molar-refractivity contribution >= 4 is 45.0 Å². The average Bonchev–Trinajstić information content (AvgIpc) is 2.74. The van der Waals surface area contributed by atoms with E-state index in [1.54, 1.807) is 12.4 Å². The second kappa shape index (κ2) is 6.90. The Labute approximate surface area is 172 Å². The molecule has 134 valence electrons. The molecule has 0 aliphatic rings. The lowest BCUT2D eigenvalue weighted by Crippen LogP contribution is -1.92. The summed E-state index contributed by atoms with van der Waals surface area (Å²) in [5.74, 6) is 0. The fraction of sp³-hybridized carbons (Fsp3) is 0. The van der Waals surface area contributed by atoms with Crippen molar-refractivity contribution in [2.75, 3.05) is 0 Å². The largest absolute Gasteiger partial charge is 0.252 e. The van der Waals surface area contributed by atoms with Gasteiger partial charge >= 0.3 is 0 Å². The highest BCUT2D eigenvalue weighted by Crippen LogP contribution is 2.40. The molecule has 4 heteroatoms. The predicted molar refractivity (Wildman–Crippen MR) is 118 cm³/mol. The molecule has 2 nitrogen and oxygen atoms in total. The maximum absolute atomic E-state index is 6.54. The summed E-state index contributed by atoms with van der Waals surface area (Å²) in [6.45, 7) is 0. The van der Waals surface area contributed by atoms with Gasteiger partial charge in [-0.15, -0.1) is 0 Å². The second-order valence-corrected chi connectivity index (χ2v) is 7.37. The highest BCUT2D eigenvalue weighted by Gasteiger charge is 2.16. The number of aromatic nitrogens is 2. The lowest BCUT2D eigenvalue weighted by molar-refractivity contribution is 1.37. The van der Waals surface area contributed by atoms with Crippen molar-refractivity contribution < 1.29 is 0 Å². The van der Waals surface area contributed by atoms with E-state index in [-0.39, 0.29) is 0 Å². The van der Waals surface area contributed by atoms with Crippen LogP contribution < -0.4 is 0 Å². The topological polar surface area (TPSA) is 25.8 Å². The molecular weight excluding hydrogens is 387 g/mol. The van der Waals surface area contributed by atoms with Crippen molar-refractivity contribution in [2.24, 2.45) is 0 Å². The minimum Gasteiger partial charge on any atom is -0.252 e. The first kappa shape index (κ1) is 17.2. The van der Waals surface area contributed by atoms with Gasteiger partial charge in [-0.1, -0.05) is 96.0 Å². The maximum Gasteiger partial charge on any atom is 0.0972 e.